The van der Waals surface area contributed by atoms with Gasteiger partial charge in [-0.05, 0) is 115 Å². The van der Waals surface area contributed by atoms with Gasteiger partial charge in [-0.25, -0.2) is 0 Å². The SMILES string of the molecule is CCC(=O)O[C@](Cc1ccccc1)(c1ccccc1)[C@H](C)CN(C)C.CCOC(=O)C1(c2ccccc2)CCN(C)CC1.COc1cccc([C@@]2(O)CCCC[C@@H]2CN(C)C)c1. The first-order valence-corrected chi connectivity index (χ1v) is 22.6. The van der Waals surface area contributed by atoms with E-state index in [9.17, 15) is 14.7 Å². The molecule has 0 radical (unpaired) electrons. The van der Waals surface area contributed by atoms with Crippen molar-refractivity contribution < 1.29 is 28.9 Å². The van der Waals surface area contributed by atoms with Crippen molar-refractivity contribution in [1.82, 2.24) is 14.7 Å². The Morgan fingerprint density at radius 2 is 1.40 bits per heavy atom. The summed E-state index contributed by atoms with van der Waals surface area (Å²) in [7, 11) is 12.0. The summed E-state index contributed by atoms with van der Waals surface area (Å²) < 4.78 is 16.8. The fourth-order valence-electron chi connectivity index (χ4n) is 9.17. The molecule has 0 spiro atoms. The third-order valence-corrected chi connectivity index (χ3v) is 12.6. The molecule has 0 aromatic heterocycles. The average Bonchev–Trinajstić information content (AvgIpc) is 3.28. The zero-order valence-corrected chi connectivity index (χ0v) is 39.1. The second-order valence-corrected chi connectivity index (χ2v) is 17.7. The Hall–Kier alpha value is -4.54. The number of nitrogens with zero attached hydrogens (tertiary/aromatic N) is 3. The fraction of sp³-hybridized carbons (Fsp3) is 0.509. The summed E-state index contributed by atoms with van der Waals surface area (Å²) in [5, 5.41) is 11.2. The molecule has 1 heterocycles. The van der Waals surface area contributed by atoms with Gasteiger partial charge in [-0.1, -0.05) is 130 Å². The molecular weight excluding hydrogens is 775 g/mol. The van der Waals surface area contributed by atoms with Crippen molar-refractivity contribution >= 4 is 11.9 Å². The normalized spacial score (nSPS) is 20.0. The molecule has 1 N–H and O–H groups in total. The quantitative estimate of drug-likeness (QED) is 0.118. The van der Waals surface area contributed by atoms with Gasteiger partial charge in [0, 0.05) is 37.8 Å². The van der Waals surface area contributed by atoms with Crippen LogP contribution in [0.4, 0.5) is 0 Å². The molecule has 6 rings (SSSR count). The number of aliphatic hydroxyl groups is 1. The minimum Gasteiger partial charge on any atom is -0.497 e. The molecule has 0 unspecified atom stereocenters. The lowest BCUT2D eigenvalue weighted by Crippen LogP contribution is -2.47. The lowest BCUT2D eigenvalue weighted by Gasteiger charge is -2.41. The van der Waals surface area contributed by atoms with Crippen molar-refractivity contribution in [2.24, 2.45) is 11.8 Å². The van der Waals surface area contributed by atoms with Crippen LogP contribution in [0.25, 0.3) is 0 Å². The van der Waals surface area contributed by atoms with E-state index in [1.807, 2.05) is 105 Å². The van der Waals surface area contributed by atoms with Crippen LogP contribution in [-0.2, 0) is 42.1 Å². The van der Waals surface area contributed by atoms with Crippen LogP contribution < -0.4 is 4.74 Å². The van der Waals surface area contributed by atoms with Gasteiger partial charge in [0.25, 0.3) is 0 Å². The van der Waals surface area contributed by atoms with Gasteiger partial charge in [0.15, 0.2) is 0 Å². The number of carbonyl (C=O) groups excluding carboxylic acids is 2. The Kier molecular flexibility index (Phi) is 19.7. The molecule has 9 nitrogen and oxygen atoms in total. The second kappa shape index (κ2) is 24.3. The minimum absolute atomic E-state index is 0.0655. The van der Waals surface area contributed by atoms with Crippen LogP contribution in [0.2, 0.25) is 0 Å². The van der Waals surface area contributed by atoms with Crippen LogP contribution >= 0.6 is 0 Å². The van der Waals surface area contributed by atoms with Crippen molar-refractivity contribution in [3.8, 4) is 5.75 Å². The number of hydrogen-bond acceptors (Lipinski definition) is 9. The van der Waals surface area contributed by atoms with Crippen LogP contribution in [-0.4, -0.2) is 107 Å². The Morgan fingerprint density at radius 3 is 1.97 bits per heavy atom. The topological polar surface area (TPSA) is 91.8 Å². The van der Waals surface area contributed by atoms with Gasteiger partial charge in [-0.2, -0.15) is 0 Å². The van der Waals surface area contributed by atoms with E-state index in [-0.39, 0.29) is 17.9 Å². The van der Waals surface area contributed by atoms with Crippen LogP contribution in [0.5, 0.6) is 5.75 Å². The first kappa shape index (κ1) is 50.1. The summed E-state index contributed by atoms with van der Waals surface area (Å²) in [6, 6.07) is 38.4. The maximum atomic E-state index is 12.4. The number of carbonyl (C=O) groups is 2. The smallest absolute Gasteiger partial charge is 0.316 e. The number of piperidine rings is 1. The maximum absolute atomic E-state index is 12.4. The van der Waals surface area contributed by atoms with Crippen molar-refractivity contribution in [1.29, 1.82) is 0 Å². The molecule has 1 saturated carbocycles. The maximum Gasteiger partial charge on any atom is 0.316 e. The Labute approximate surface area is 373 Å². The fourth-order valence-corrected chi connectivity index (χ4v) is 9.17. The minimum atomic E-state index is -0.711. The first-order valence-electron chi connectivity index (χ1n) is 22.6. The van der Waals surface area contributed by atoms with E-state index in [0.29, 0.717) is 25.4 Å². The van der Waals surface area contributed by atoms with Gasteiger partial charge < -0.3 is 34.0 Å². The summed E-state index contributed by atoms with van der Waals surface area (Å²) >= 11 is 0. The van der Waals surface area contributed by atoms with E-state index < -0.39 is 16.6 Å². The van der Waals surface area contributed by atoms with Crippen LogP contribution in [0.15, 0.2) is 115 Å². The highest BCUT2D eigenvalue weighted by Crippen LogP contribution is 2.43. The number of esters is 2. The largest absolute Gasteiger partial charge is 0.497 e. The highest BCUT2D eigenvalue weighted by atomic mass is 16.6. The number of ether oxygens (including phenoxy) is 3. The molecule has 0 bridgehead atoms. The highest BCUT2D eigenvalue weighted by molar-refractivity contribution is 5.83. The zero-order chi connectivity index (χ0) is 45.2. The van der Waals surface area contributed by atoms with Gasteiger partial charge in [-0.15, -0.1) is 0 Å². The Balaban J connectivity index is 0.000000208. The van der Waals surface area contributed by atoms with Crippen molar-refractivity contribution in [2.45, 2.75) is 88.8 Å². The van der Waals surface area contributed by atoms with Crippen LogP contribution in [0.3, 0.4) is 0 Å². The summed E-state index contributed by atoms with van der Waals surface area (Å²) in [6.45, 7) is 9.96. The summed E-state index contributed by atoms with van der Waals surface area (Å²) in [5.41, 5.74) is 2.48. The predicted octanol–water partition coefficient (Wildman–Crippen LogP) is 9.12. The lowest BCUT2D eigenvalue weighted by atomic mass is 9.71. The van der Waals surface area contributed by atoms with E-state index >= 15 is 0 Å². The molecular formula is C53H75N3O6. The van der Waals surface area contributed by atoms with E-state index in [1.165, 1.54) is 12.0 Å². The number of rotatable bonds is 15. The number of hydrogen-bond donors (Lipinski definition) is 1. The predicted molar refractivity (Wildman–Crippen MR) is 251 cm³/mol. The molecule has 4 atom stereocenters. The summed E-state index contributed by atoms with van der Waals surface area (Å²) in [4.78, 5) is 31.3. The molecule has 1 aliphatic heterocycles. The highest BCUT2D eigenvalue weighted by Gasteiger charge is 2.44. The summed E-state index contributed by atoms with van der Waals surface area (Å²) in [6.07, 6.45) is 6.96. The third kappa shape index (κ3) is 13.5. The van der Waals surface area contributed by atoms with E-state index in [4.69, 9.17) is 14.2 Å². The second-order valence-electron chi connectivity index (χ2n) is 17.7. The molecule has 0 amide bonds. The monoisotopic (exact) mass is 850 g/mol. The van der Waals surface area contributed by atoms with Gasteiger partial charge in [-0.3, -0.25) is 9.59 Å². The molecule has 2 fully saturated rings. The number of benzene rings is 4. The number of likely N-dealkylation sites (tertiary alicyclic amines) is 1. The molecule has 9 heteroatoms. The molecule has 4 aromatic carbocycles. The molecule has 4 aromatic rings. The molecule has 338 valence electrons. The first-order chi connectivity index (χ1) is 29.7. The van der Waals surface area contributed by atoms with E-state index in [1.54, 1.807) is 7.11 Å². The van der Waals surface area contributed by atoms with E-state index in [0.717, 1.165) is 80.7 Å². The van der Waals surface area contributed by atoms with Crippen molar-refractivity contribution in [3.05, 3.63) is 138 Å². The van der Waals surface area contributed by atoms with Crippen LogP contribution in [0.1, 0.15) is 88.0 Å². The lowest BCUT2D eigenvalue weighted by molar-refractivity contribution is -0.168. The van der Waals surface area contributed by atoms with Gasteiger partial charge >= 0.3 is 11.9 Å². The standard InChI is InChI=1S/C22H29NO2.C16H25NO2.C15H21NO2/c1-5-21(24)25-22(18(2)17-23(3)4,20-14-10-7-11-15-20)16-19-12-8-6-9-13-19;1-17(2)12-14-7-4-5-10-16(14,18)13-8-6-9-15(11-13)19-3;1-3-18-14(17)15(9-11-16(2)12-10-15)13-7-5-4-6-8-13/h6-15,18H,5,16-17H2,1-4H3;6,8-9,11,14,18H,4-5,7,10,12H2,1-3H3;4-8H,3,9-12H2,1-2H3/t18-,22+;14-,16+;/m11./s1. The molecule has 1 aliphatic carbocycles. The summed E-state index contributed by atoms with van der Waals surface area (Å²) in [5.74, 6) is 1.03. The average molecular weight is 850 g/mol. The Bertz CT molecular complexity index is 1900. The Morgan fingerprint density at radius 1 is 0.806 bits per heavy atom. The molecule has 2 aliphatic rings. The van der Waals surface area contributed by atoms with Crippen molar-refractivity contribution in [2.75, 3.05) is 75.1 Å². The van der Waals surface area contributed by atoms with Gasteiger partial charge in [0.05, 0.1) is 24.7 Å². The van der Waals surface area contributed by atoms with Gasteiger partial charge in [0.2, 0.25) is 0 Å². The van der Waals surface area contributed by atoms with Crippen molar-refractivity contribution in [3.63, 3.8) is 0 Å². The van der Waals surface area contributed by atoms with Gasteiger partial charge in [0.1, 0.15) is 11.4 Å². The zero-order valence-electron chi connectivity index (χ0n) is 39.1. The van der Waals surface area contributed by atoms with Crippen LogP contribution in [0, 0.1) is 11.8 Å². The number of methoxy groups -OCH3 is 1. The van der Waals surface area contributed by atoms with E-state index in [2.05, 4.69) is 81.1 Å². The molecule has 1 saturated heterocycles. The molecule has 62 heavy (non-hydrogen) atoms. The third-order valence-electron chi connectivity index (χ3n) is 12.6.